The molecule has 19 heavy (non-hydrogen) atoms. The number of hydrogen-bond donors (Lipinski definition) is 0. The fraction of sp³-hybridized carbons (Fsp3) is 0.467. The first-order valence-corrected chi connectivity index (χ1v) is 7.66. The third-order valence-electron chi connectivity index (χ3n) is 3.56. The second-order valence-corrected chi connectivity index (χ2v) is 6.05. The summed E-state index contributed by atoms with van der Waals surface area (Å²) in [5.74, 6) is 0.569. The minimum atomic E-state index is -4.25. The molecule has 0 bridgehead atoms. The second kappa shape index (κ2) is 6.04. The quantitative estimate of drug-likeness (QED) is 0.731. The molecule has 1 aliphatic rings. The van der Waals surface area contributed by atoms with Gasteiger partial charge in [-0.05, 0) is 49.1 Å². The summed E-state index contributed by atoms with van der Waals surface area (Å²) in [6.45, 7) is 0. The minimum Gasteiger partial charge on any atom is -0.166 e. The zero-order valence-electron chi connectivity index (χ0n) is 10.8. The lowest BCUT2D eigenvalue weighted by Crippen LogP contribution is -2.03. The molecule has 2 unspecified atom stereocenters. The molecule has 0 radical (unpaired) electrons. The van der Waals surface area contributed by atoms with Gasteiger partial charge in [-0.15, -0.1) is 0 Å². The van der Waals surface area contributed by atoms with Crippen molar-refractivity contribution in [2.45, 2.75) is 30.7 Å². The molecule has 0 amide bonds. The normalized spacial score (nSPS) is 24.2. The van der Waals surface area contributed by atoms with Crippen LogP contribution in [0.5, 0.6) is 0 Å². The van der Waals surface area contributed by atoms with Crippen LogP contribution in [0.25, 0.3) is 6.08 Å². The van der Waals surface area contributed by atoms with Crippen LogP contribution in [-0.2, 0) is 6.18 Å². The zero-order valence-corrected chi connectivity index (χ0v) is 11.6. The minimum absolute atomic E-state index is 0.569. The Balaban J connectivity index is 1.96. The lowest BCUT2D eigenvalue weighted by Gasteiger charge is -2.06. The topological polar surface area (TPSA) is 0 Å². The van der Waals surface area contributed by atoms with E-state index in [0.29, 0.717) is 5.92 Å². The molecule has 2 atom stereocenters. The van der Waals surface area contributed by atoms with Crippen LogP contribution < -0.4 is 0 Å². The molecule has 0 nitrogen and oxygen atoms in total. The molecule has 0 aliphatic heterocycles. The smallest absolute Gasteiger partial charge is 0.166 e. The van der Waals surface area contributed by atoms with Gasteiger partial charge in [0.05, 0.1) is 5.56 Å². The summed E-state index contributed by atoms with van der Waals surface area (Å²) < 4.78 is 37.2. The number of benzene rings is 1. The van der Waals surface area contributed by atoms with Gasteiger partial charge in [-0.1, -0.05) is 24.3 Å². The molecular weight excluding hydrogens is 269 g/mol. The van der Waals surface area contributed by atoms with Crippen LogP contribution in [0, 0.1) is 5.92 Å². The maximum Gasteiger partial charge on any atom is 0.416 e. The van der Waals surface area contributed by atoms with E-state index < -0.39 is 11.7 Å². The highest BCUT2D eigenvalue weighted by molar-refractivity contribution is 7.99. The number of rotatable bonds is 3. The molecule has 2 rings (SSSR count). The van der Waals surface area contributed by atoms with E-state index in [4.69, 9.17) is 0 Å². The van der Waals surface area contributed by atoms with E-state index in [0.717, 1.165) is 22.9 Å². The van der Waals surface area contributed by atoms with Gasteiger partial charge < -0.3 is 0 Å². The van der Waals surface area contributed by atoms with Gasteiger partial charge >= 0.3 is 6.18 Å². The number of allylic oxidation sites excluding steroid dienone is 1. The third-order valence-corrected chi connectivity index (χ3v) is 4.65. The number of alkyl halides is 3. The molecule has 1 aliphatic carbocycles. The first-order valence-electron chi connectivity index (χ1n) is 6.37. The average molecular weight is 286 g/mol. The maximum atomic E-state index is 12.4. The summed E-state index contributed by atoms with van der Waals surface area (Å²) >= 11 is 1.90. The monoisotopic (exact) mass is 286 g/mol. The molecule has 4 heteroatoms. The molecule has 1 aromatic rings. The Bertz CT molecular complexity index is 434. The van der Waals surface area contributed by atoms with Crippen molar-refractivity contribution in [3.05, 3.63) is 41.5 Å². The summed E-state index contributed by atoms with van der Waals surface area (Å²) in [6, 6.07) is 5.33. The van der Waals surface area contributed by atoms with Gasteiger partial charge in [-0.3, -0.25) is 0 Å². The van der Waals surface area contributed by atoms with Gasteiger partial charge in [0.2, 0.25) is 0 Å². The lowest BCUT2D eigenvalue weighted by atomic mass is 10.1. The highest BCUT2D eigenvalue weighted by Gasteiger charge is 2.29. The maximum absolute atomic E-state index is 12.4. The van der Waals surface area contributed by atoms with Crippen molar-refractivity contribution in [2.75, 3.05) is 6.26 Å². The van der Waals surface area contributed by atoms with Gasteiger partial charge in [-0.25, -0.2) is 0 Å². The average Bonchev–Trinajstić information content (AvgIpc) is 2.84. The Morgan fingerprint density at radius 1 is 1.16 bits per heavy atom. The first kappa shape index (κ1) is 14.5. The molecule has 0 spiro atoms. The summed E-state index contributed by atoms with van der Waals surface area (Å²) in [5.41, 5.74) is 0.244. The largest absolute Gasteiger partial charge is 0.416 e. The van der Waals surface area contributed by atoms with E-state index in [9.17, 15) is 13.2 Å². The van der Waals surface area contributed by atoms with Crippen LogP contribution >= 0.6 is 11.8 Å². The Kier molecular flexibility index (Phi) is 4.61. The van der Waals surface area contributed by atoms with Crippen LogP contribution in [0.4, 0.5) is 13.2 Å². The number of halogens is 3. The van der Waals surface area contributed by atoms with Crippen molar-refractivity contribution in [1.29, 1.82) is 0 Å². The van der Waals surface area contributed by atoms with E-state index >= 15 is 0 Å². The van der Waals surface area contributed by atoms with Gasteiger partial charge in [0, 0.05) is 5.25 Å². The molecule has 1 fully saturated rings. The molecule has 0 saturated heterocycles. The van der Waals surface area contributed by atoms with Gasteiger partial charge in [0.25, 0.3) is 0 Å². The summed E-state index contributed by atoms with van der Waals surface area (Å²) in [6.07, 6.45) is 5.56. The van der Waals surface area contributed by atoms with Gasteiger partial charge in [-0.2, -0.15) is 24.9 Å². The van der Waals surface area contributed by atoms with E-state index in [2.05, 4.69) is 12.3 Å². The van der Waals surface area contributed by atoms with Gasteiger partial charge in [0.15, 0.2) is 0 Å². The fourth-order valence-electron chi connectivity index (χ4n) is 2.39. The summed E-state index contributed by atoms with van der Waals surface area (Å²) in [5, 5.41) is 0.738. The summed E-state index contributed by atoms with van der Waals surface area (Å²) in [7, 11) is 0. The molecule has 0 heterocycles. The van der Waals surface area contributed by atoms with E-state index in [1.165, 1.54) is 31.4 Å². The number of hydrogen-bond acceptors (Lipinski definition) is 1. The predicted octanol–water partition coefficient (Wildman–Crippen LogP) is 5.25. The zero-order chi connectivity index (χ0) is 13.9. The van der Waals surface area contributed by atoms with E-state index in [1.54, 1.807) is 0 Å². The van der Waals surface area contributed by atoms with Crippen molar-refractivity contribution in [3.63, 3.8) is 0 Å². The predicted molar refractivity (Wildman–Crippen MR) is 75.1 cm³/mol. The molecule has 1 aromatic carbocycles. The molecular formula is C15H17F3S. The highest BCUT2D eigenvalue weighted by atomic mass is 32.2. The van der Waals surface area contributed by atoms with Gasteiger partial charge in [0.1, 0.15) is 0 Å². The SMILES string of the molecule is CSC1CCC(/C=C/c2ccc(C(F)(F)F)cc2)C1. The summed E-state index contributed by atoms with van der Waals surface area (Å²) in [4.78, 5) is 0. The van der Waals surface area contributed by atoms with Crippen LogP contribution in [0.15, 0.2) is 30.3 Å². The Hall–Kier alpha value is -0.900. The van der Waals surface area contributed by atoms with Crippen molar-refractivity contribution in [1.82, 2.24) is 0 Å². The number of thioether (sulfide) groups is 1. The lowest BCUT2D eigenvalue weighted by molar-refractivity contribution is -0.137. The fourth-order valence-corrected chi connectivity index (χ4v) is 3.20. The standard InChI is InChI=1S/C15H17F3S/c1-19-14-9-6-12(10-14)3-2-11-4-7-13(8-5-11)15(16,17)18/h2-5,7-8,12,14H,6,9-10H2,1H3/b3-2+. The van der Waals surface area contributed by atoms with E-state index in [-0.39, 0.29) is 0 Å². The Labute approximate surface area is 116 Å². The van der Waals surface area contributed by atoms with Crippen molar-refractivity contribution < 1.29 is 13.2 Å². The molecule has 0 N–H and O–H groups in total. The van der Waals surface area contributed by atoms with Crippen LogP contribution in [-0.4, -0.2) is 11.5 Å². The van der Waals surface area contributed by atoms with Crippen molar-refractivity contribution in [2.24, 2.45) is 5.92 Å². The second-order valence-electron chi connectivity index (χ2n) is 4.91. The van der Waals surface area contributed by atoms with Crippen LogP contribution in [0.1, 0.15) is 30.4 Å². The molecule has 1 saturated carbocycles. The van der Waals surface area contributed by atoms with Crippen molar-refractivity contribution >= 4 is 17.8 Å². The van der Waals surface area contributed by atoms with Crippen LogP contribution in [0.2, 0.25) is 0 Å². The first-order chi connectivity index (χ1) is 8.99. The van der Waals surface area contributed by atoms with Crippen molar-refractivity contribution in [3.8, 4) is 0 Å². The highest BCUT2D eigenvalue weighted by Crippen LogP contribution is 2.34. The Morgan fingerprint density at radius 3 is 2.37 bits per heavy atom. The molecule has 0 aromatic heterocycles. The third kappa shape index (κ3) is 4.03. The van der Waals surface area contributed by atoms with Crippen LogP contribution in [0.3, 0.4) is 0 Å². The molecule has 104 valence electrons. The van der Waals surface area contributed by atoms with E-state index in [1.807, 2.05) is 17.8 Å². The Morgan fingerprint density at radius 2 is 1.84 bits per heavy atom.